The average Bonchev–Trinajstić information content (AvgIpc) is 2.46. The van der Waals surface area contributed by atoms with Crippen LogP contribution in [0.2, 0.25) is 5.02 Å². The first kappa shape index (κ1) is 19.7. The van der Waals surface area contributed by atoms with Gasteiger partial charge in [-0.1, -0.05) is 18.5 Å². The second kappa shape index (κ2) is 7.50. The number of halogens is 4. The standard InChI is InChI=1S/C13H15ClF3NO4S/c1-3-18(7-6-12(19)22-2)23(20,21)11-8-9(13(15,16)17)4-5-10(11)14/h4-5,8H,3,6-7H2,1-2H3. The van der Waals surface area contributed by atoms with Gasteiger partial charge in [-0.25, -0.2) is 8.42 Å². The Morgan fingerprint density at radius 1 is 1.35 bits per heavy atom. The molecule has 1 rings (SSSR count). The molecule has 0 unspecified atom stereocenters. The molecule has 0 radical (unpaired) electrons. The summed E-state index contributed by atoms with van der Waals surface area (Å²) in [5, 5.41) is -0.325. The minimum absolute atomic E-state index is 0.0358. The SMILES string of the molecule is CCN(CCC(=O)OC)S(=O)(=O)c1cc(C(F)(F)F)ccc1Cl. The van der Waals surface area contributed by atoms with Gasteiger partial charge in [0.05, 0.1) is 24.1 Å². The van der Waals surface area contributed by atoms with Gasteiger partial charge in [0, 0.05) is 13.1 Å². The van der Waals surface area contributed by atoms with Gasteiger partial charge in [0.2, 0.25) is 10.0 Å². The number of carbonyl (C=O) groups excluding carboxylic acids is 1. The number of esters is 1. The van der Waals surface area contributed by atoms with E-state index in [1.807, 2.05) is 0 Å². The second-order valence-electron chi connectivity index (χ2n) is 4.47. The van der Waals surface area contributed by atoms with Gasteiger partial charge in [0.25, 0.3) is 0 Å². The van der Waals surface area contributed by atoms with E-state index in [-0.39, 0.29) is 24.5 Å². The molecule has 0 heterocycles. The van der Waals surface area contributed by atoms with Gasteiger partial charge in [-0.15, -0.1) is 0 Å². The molecule has 0 saturated carbocycles. The van der Waals surface area contributed by atoms with Crippen LogP contribution >= 0.6 is 11.6 Å². The molecule has 0 aliphatic rings. The smallest absolute Gasteiger partial charge is 0.416 e. The van der Waals surface area contributed by atoms with Gasteiger partial charge in [-0.05, 0) is 18.2 Å². The molecule has 0 saturated heterocycles. The fourth-order valence-corrected chi connectivity index (χ4v) is 3.73. The van der Waals surface area contributed by atoms with E-state index in [1.54, 1.807) is 0 Å². The van der Waals surface area contributed by atoms with Crippen LogP contribution < -0.4 is 0 Å². The highest BCUT2D eigenvalue weighted by molar-refractivity contribution is 7.89. The predicted molar refractivity (Wildman–Crippen MR) is 77.5 cm³/mol. The summed E-state index contributed by atoms with van der Waals surface area (Å²) in [5.74, 6) is -0.631. The number of alkyl halides is 3. The van der Waals surface area contributed by atoms with E-state index in [2.05, 4.69) is 4.74 Å². The maximum absolute atomic E-state index is 12.8. The van der Waals surface area contributed by atoms with Crippen molar-refractivity contribution in [2.45, 2.75) is 24.4 Å². The number of rotatable bonds is 6. The van der Waals surface area contributed by atoms with E-state index < -0.39 is 32.6 Å². The third kappa shape index (κ3) is 4.82. The van der Waals surface area contributed by atoms with Crippen LogP contribution in [0.25, 0.3) is 0 Å². The zero-order chi connectivity index (χ0) is 17.8. The third-order valence-electron chi connectivity index (χ3n) is 3.02. The summed E-state index contributed by atoms with van der Waals surface area (Å²) in [6, 6.07) is 2.07. The number of benzene rings is 1. The lowest BCUT2D eigenvalue weighted by molar-refractivity contribution is -0.140. The van der Waals surface area contributed by atoms with Crippen LogP contribution in [0.15, 0.2) is 23.1 Å². The molecule has 1 aromatic carbocycles. The van der Waals surface area contributed by atoms with Crippen molar-refractivity contribution >= 4 is 27.6 Å². The first-order valence-electron chi connectivity index (χ1n) is 6.47. The molecule has 0 fully saturated rings. The van der Waals surface area contributed by atoms with Crippen LogP contribution in [-0.2, 0) is 25.7 Å². The first-order valence-corrected chi connectivity index (χ1v) is 8.29. The van der Waals surface area contributed by atoms with Crippen molar-refractivity contribution in [1.82, 2.24) is 4.31 Å². The first-order chi connectivity index (χ1) is 10.5. The van der Waals surface area contributed by atoms with Gasteiger partial charge in [-0.3, -0.25) is 4.79 Å². The van der Waals surface area contributed by atoms with Crippen molar-refractivity contribution in [2.75, 3.05) is 20.2 Å². The molecular formula is C13H15ClF3NO4S. The molecular weight excluding hydrogens is 359 g/mol. The molecule has 0 aromatic heterocycles. The number of nitrogens with zero attached hydrogens (tertiary/aromatic N) is 1. The zero-order valence-corrected chi connectivity index (χ0v) is 13.9. The summed E-state index contributed by atoms with van der Waals surface area (Å²) < 4.78 is 68.5. The van der Waals surface area contributed by atoms with Crippen LogP contribution in [0, 0.1) is 0 Å². The summed E-state index contributed by atoms with van der Waals surface area (Å²) in [7, 11) is -3.13. The lowest BCUT2D eigenvalue weighted by Gasteiger charge is -2.21. The number of methoxy groups -OCH3 is 1. The minimum Gasteiger partial charge on any atom is -0.469 e. The summed E-state index contributed by atoms with van der Waals surface area (Å²) in [6.45, 7) is 1.24. The molecule has 0 spiro atoms. The predicted octanol–water partition coefficient (Wildman–Crippen LogP) is 2.93. The Bertz CT molecular complexity index is 676. The third-order valence-corrected chi connectivity index (χ3v) is 5.48. The van der Waals surface area contributed by atoms with Crippen molar-refractivity contribution in [2.24, 2.45) is 0 Å². The summed E-state index contributed by atoms with van der Waals surface area (Å²) in [4.78, 5) is 10.5. The minimum atomic E-state index is -4.70. The number of hydrogen-bond donors (Lipinski definition) is 0. The number of carbonyl (C=O) groups is 1. The highest BCUT2D eigenvalue weighted by Gasteiger charge is 2.34. The molecule has 10 heteroatoms. The molecule has 0 bridgehead atoms. The Kier molecular flexibility index (Phi) is 6.43. The molecule has 0 atom stereocenters. The lowest BCUT2D eigenvalue weighted by atomic mass is 10.2. The maximum Gasteiger partial charge on any atom is 0.416 e. The number of ether oxygens (including phenoxy) is 1. The van der Waals surface area contributed by atoms with Gasteiger partial charge in [0.1, 0.15) is 4.90 Å². The molecule has 1 aromatic rings. The average molecular weight is 374 g/mol. The fourth-order valence-electron chi connectivity index (χ4n) is 1.78. The molecule has 0 amide bonds. The number of hydrogen-bond acceptors (Lipinski definition) is 4. The van der Waals surface area contributed by atoms with E-state index >= 15 is 0 Å². The van der Waals surface area contributed by atoms with E-state index in [4.69, 9.17) is 11.6 Å². The molecule has 0 aliphatic heterocycles. The van der Waals surface area contributed by atoms with Crippen LogP contribution in [-0.4, -0.2) is 38.9 Å². The van der Waals surface area contributed by atoms with E-state index in [1.165, 1.54) is 6.92 Å². The Morgan fingerprint density at radius 2 is 1.96 bits per heavy atom. The fraction of sp³-hybridized carbons (Fsp3) is 0.462. The van der Waals surface area contributed by atoms with E-state index in [9.17, 15) is 26.4 Å². The van der Waals surface area contributed by atoms with Crippen LogP contribution in [0.3, 0.4) is 0 Å². The van der Waals surface area contributed by atoms with Gasteiger partial charge in [0.15, 0.2) is 0 Å². The normalized spacial score (nSPS) is 12.5. The summed E-state index contributed by atoms with van der Waals surface area (Å²) in [5.41, 5.74) is -1.12. The highest BCUT2D eigenvalue weighted by atomic mass is 35.5. The molecule has 23 heavy (non-hydrogen) atoms. The van der Waals surface area contributed by atoms with Crippen molar-refractivity contribution in [3.8, 4) is 0 Å². The molecule has 0 aliphatic carbocycles. The Morgan fingerprint density at radius 3 is 2.43 bits per heavy atom. The van der Waals surface area contributed by atoms with Gasteiger partial charge in [-0.2, -0.15) is 17.5 Å². The molecule has 0 N–H and O–H groups in total. The van der Waals surface area contributed by atoms with Gasteiger partial charge < -0.3 is 4.74 Å². The topological polar surface area (TPSA) is 63.7 Å². The van der Waals surface area contributed by atoms with Gasteiger partial charge >= 0.3 is 12.1 Å². The Labute approximate surface area is 137 Å². The number of sulfonamides is 1. The Hall–Kier alpha value is -1.32. The summed E-state index contributed by atoms with van der Waals surface area (Å²) in [6.07, 6.45) is -4.92. The van der Waals surface area contributed by atoms with Crippen molar-refractivity contribution < 1.29 is 31.1 Å². The monoisotopic (exact) mass is 373 g/mol. The van der Waals surface area contributed by atoms with Crippen molar-refractivity contribution in [3.63, 3.8) is 0 Å². The maximum atomic E-state index is 12.8. The Balaban J connectivity index is 3.22. The highest BCUT2D eigenvalue weighted by Crippen LogP contribution is 2.34. The largest absolute Gasteiger partial charge is 0.469 e. The van der Waals surface area contributed by atoms with Crippen LogP contribution in [0.1, 0.15) is 18.9 Å². The summed E-state index contributed by atoms with van der Waals surface area (Å²) >= 11 is 5.76. The van der Waals surface area contributed by atoms with Crippen molar-refractivity contribution in [1.29, 1.82) is 0 Å². The zero-order valence-electron chi connectivity index (χ0n) is 12.4. The molecule has 130 valence electrons. The molecule has 5 nitrogen and oxygen atoms in total. The second-order valence-corrected chi connectivity index (χ2v) is 6.78. The van der Waals surface area contributed by atoms with Crippen LogP contribution in [0.5, 0.6) is 0 Å². The van der Waals surface area contributed by atoms with Crippen LogP contribution in [0.4, 0.5) is 13.2 Å². The lowest BCUT2D eigenvalue weighted by Crippen LogP contribution is -2.33. The van der Waals surface area contributed by atoms with E-state index in [0.29, 0.717) is 12.1 Å². The quantitative estimate of drug-likeness (QED) is 0.719. The van der Waals surface area contributed by atoms with Crippen molar-refractivity contribution in [3.05, 3.63) is 28.8 Å². The van der Waals surface area contributed by atoms with E-state index in [0.717, 1.165) is 17.5 Å².